The van der Waals surface area contributed by atoms with Crippen LogP contribution in [-0.2, 0) is 9.53 Å². The number of fused-ring (bicyclic) bond motifs is 2. The molecule has 2 heterocycles. The van der Waals surface area contributed by atoms with Gasteiger partial charge in [-0.25, -0.2) is 4.99 Å². The number of nitrogens with zero attached hydrogens (tertiary/aromatic N) is 2. The molecule has 27 heavy (non-hydrogen) atoms. The van der Waals surface area contributed by atoms with Crippen LogP contribution in [-0.4, -0.2) is 49.5 Å². The van der Waals surface area contributed by atoms with E-state index in [0.717, 1.165) is 30.2 Å². The second-order valence-electron chi connectivity index (χ2n) is 6.52. The topological polar surface area (TPSA) is 63.2 Å². The van der Waals surface area contributed by atoms with Crippen LogP contribution in [0.1, 0.15) is 12.0 Å². The minimum absolute atomic E-state index is 0.00376. The van der Waals surface area contributed by atoms with Gasteiger partial charge in [0.25, 0.3) is 0 Å². The Morgan fingerprint density at radius 3 is 3.04 bits per heavy atom. The molecule has 1 saturated heterocycles. The van der Waals surface area contributed by atoms with Gasteiger partial charge in [-0.05, 0) is 30.3 Å². The van der Waals surface area contributed by atoms with Crippen LogP contribution in [0.4, 0.5) is 5.69 Å². The van der Waals surface area contributed by atoms with Gasteiger partial charge in [-0.1, -0.05) is 23.7 Å². The van der Waals surface area contributed by atoms with E-state index in [1.54, 1.807) is 12.1 Å². The second-order valence-corrected chi connectivity index (χ2v) is 6.96. The van der Waals surface area contributed by atoms with E-state index < -0.39 is 0 Å². The van der Waals surface area contributed by atoms with Gasteiger partial charge in [-0.3, -0.25) is 4.79 Å². The molecule has 1 unspecified atom stereocenters. The number of piperazine rings is 1. The van der Waals surface area contributed by atoms with E-state index in [1.165, 1.54) is 7.11 Å². The Morgan fingerprint density at radius 1 is 1.33 bits per heavy atom. The first-order valence-corrected chi connectivity index (χ1v) is 9.22. The third-order valence-electron chi connectivity index (χ3n) is 4.69. The zero-order valence-corrected chi connectivity index (χ0v) is 15.7. The average molecular weight is 386 g/mol. The Bertz CT molecular complexity index is 900. The van der Waals surface area contributed by atoms with Crippen molar-refractivity contribution in [3.63, 3.8) is 0 Å². The fourth-order valence-corrected chi connectivity index (χ4v) is 3.54. The molecule has 1 fully saturated rings. The number of carbonyl (C=O) groups is 1. The Morgan fingerprint density at radius 2 is 2.19 bits per heavy atom. The summed E-state index contributed by atoms with van der Waals surface area (Å²) in [5.41, 5.74) is 1.61. The molecule has 1 N–H and O–H groups in total. The van der Waals surface area contributed by atoms with Crippen molar-refractivity contribution in [2.75, 3.05) is 26.7 Å². The zero-order valence-electron chi connectivity index (χ0n) is 14.9. The number of halogens is 1. The molecule has 1 atom stereocenters. The van der Waals surface area contributed by atoms with Crippen molar-refractivity contribution in [3.8, 4) is 11.5 Å². The van der Waals surface area contributed by atoms with E-state index in [1.807, 2.05) is 30.3 Å². The van der Waals surface area contributed by atoms with Crippen LogP contribution in [0.2, 0.25) is 5.02 Å². The number of nitrogens with one attached hydrogen (secondary N) is 1. The summed E-state index contributed by atoms with van der Waals surface area (Å²) in [4.78, 5) is 18.7. The van der Waals surface area contributed by atoms with Crippen molar-refractivity contribution in [3.05, 3.63) is 53.1 Å². The standard InChI is InChI=1S/C20H20ClN3O3/c1-26-19(25)11-14-12-24(9-8-22-14)20-15-4-2-3-5-17(15)27-18-7-6-13(21)10-16(18)23-20/h2-7,10,14,22H,8-9,11-12H2,1H3. The van der Waals surface area contributed by atoms with Crippen LogP contribution in [0.25, 0.3) is 0 Å². The minimum Gasteiger partial charge on any atom is -0.469 e. The van der Waals surface area contributed by atoms with E-state index in [-0.39, 0.29) is 12.0 Å². The van der Waals surface area contributed by atoms with E-state index in [0.29, 0.717) is 29.4 Å². The molecule has 7 heteroatoms. The summed E-state index contributed by atoms with van der Waals surface area (Å²) in [5, 5.41) is 3.98. The number of esters is 1. The first-order chi connectivity index (χ1) is 13.1. The lowest BCUT2D eigenvalue weighted by atomic mass is 10.1. The van der Waals surface area contributed by atoms with Gasteiger partial charge in [0.1, 0.15) is 17.3 Å². The number of amidine groups is 1. The molecule has 0 radical (unpaired) electrons. The van der Waals surface area contributed by atoms with E-state index in [2.05, 4.69) is 10.2 Å². The predicted molar refractivity (Wildman–Crippen MR) is 104 cm³/mol. The van der Waals surface area contributed by atoms with E-state index in [9.17, 15) is 4.79 Å². The van der Waals surface area contributed by atoms with Crippen molar-refractivity contribution in [2.24, 2.45) is 4.99 Å². The quantitative estimate of drug-likeness (QED) is 0.803. The van der Waals surface area contributed by atoms with Gasteiger partial charge in [-0.2, -0.15) is 0 Å². The molecule has 0 aromatic heterocycles. The van der Waals surface area contributed by atoms with Gasteiger partial charge in [0.15, 0.2) is 5.75 Å². The monoisotopic (exact) mass is 385 g/mol. The fraction of sp³-hybridized carbons (Fsp3) is 0.300. The molecule has 0 bridgehead atoms. The summed E-state index contributed by atoms with van der Waals surface area (Å²) < 4.78 is 10.9. The molecule has 2 aliphatic rings. The van der Waals surface area contributed by atoms with Crippen LogP contribution in [0, 0.1) is 0 Å². The highest BCUT2D eigenvalue weighted by molar-refractivity contribution is 6.31. The second kappa shape index (κ2) is 7.58. The number of benzene rings is 2. The summed E-state index contributed by atoms with van der Waals surface area (Å²) in [6.45, 7) is 2.19. The lowest BCUT2D eigenvalue weighted by molar-refractivity contribution is -0.141. The Balaban J connectivity index is 1.72. The molecule has 0 saturated carbocycles. The average Bonchev–Trinajstić information content (AvgIpc) is 2.84. The highest BCUT2D eigenvalue weighted by Gasteiger charge is 2.28. The number of methoxy groups -OCH3 is 1. The molecule has 0 spiro atoms. The summed E-state index contributed by atoms with van der Waals surface area (Å²) in [5.74, 6) is 2.02. The first-order valence-electron chi connectivity index (χ1n) is 8.84. The van der Waals surface area contributed by atoms with Crippen LogP contribution in [0.15, 0.2) is 47.5 Å². The number of hydrogen-bond donors (Lipinski definition) is 1. The summed E-state index contributed by atoms with van der Waals surface area (Å²) >= 11 is 6.17. The number of para-hydroxylation sites is 1. The van der Waals surface area contributed by atoms with Crippen LogP contribution >= 0.6 is 11.6 Å². The zero-order chi connectivity index (χ0) is 18.8. The smallest absolute Gasteiger partial charge is 0.307 e. The minimum atomic E-state index is -0.224. The largest absolute Gasteiger partial charge is 0.469 e. The van der Waals surface area contributed by atoms with Crippen LogP contribution < -0.4 is 10.1 Å². The number of ether oxygens (including phenoxy) is 2. The van der Waals surface area contributed by atoms with E-state index in [4.69, 9.17) is 26.1 Å². The first kappa shape index (κ1) is 17.8. The predicted octanol–water partition coefficient (Wildman–Crippen LogP) is 3.36. The Kier molecular flexibility index (Phi) is 5.01. The van der Waals surface area contributed by atoms with Crippen LogP contribution in [0.5, 0.6) is 11.5 Å². The Labute approximate surface area is 162 Å². The number of rotatable bonds is 2. The molecule has 2 aliphatic heterocycles. The van der Waals surface area contributed by atoms with Crippen LogP contribution in [0.3, 0.4) is 0 Å². The molecule has 6 nitrogen and oxygen atoms in total. The van der Waals surface area contributed by atoms with Crippen molar-refractivity contribution in [1.82, 2.24) is 10.2 Å². The van der Waals surface area contributed by atoms with Gasteiger partial charge in [-0.15, -0.1) is 0 Å². The van der Waals surface area contributed by atoms with Gasteiger partial charge in [0.05, 0.1) is 19.1 Å². The van der Waals surface area contributed by atoms with Gasteiger partial charge in [0, 0.05) is 30.7 Å². The summed E-state index contributed by atoms with van der Waals surface area (Å²) in [6.07, 6.45) is 0.320. The molecule has 4 rings (SSSR count). The third kappa shape index (κ3) is 3.77. The van der Waals surface area contributed by atoms with Crippen molar-refractivity contribution >= 4 is 29.1 Å². The van der Waals surface area contributed by atoms with E-state index >= 15 is 0 Å². The molecule has 2 aromatic carbocycles. The normalized spacial score (nSPS) is 18.5. The van der Waals surface area contributed by atoms with Gasteiger partial charge < -0.3 is 19.7 Å². The molecular weight excluding hydrogens is 366 g/mol. The molecule has 0 amide bonds. The Hall–Kier alpha value is -2.57. The van der Waals surface area contributed by atoms with Crippen molar-refractivity contribution in [2.45, 2.75) is 12.5 Å². The summed E-state index contributed by atoms with van der Waals surface area (Å²) in [7, 11) is 1.41. The maximum atomic E-state index is 11.7. The maximum Gasteiger partial charge on any atom is 0.307 e. The van der Waals surface area contributed by atoms with Gasteiger partial charge in [0.2, 0.25) is 0 Å². The lowest BCUT2D eigenvalue weighted by Crippen LogP contribution is -2.53. The highest BCUT2D eigenvalue weighted by atomic mass is 35.5. The fourth-order valence-electron chi connectivity index (χ4n) is 3.38. The van der Waals surface area contributed by atoms with Crippen molar-refractivity contribution < 1.29 is 14.3 Å². The highest BCUT2D eigenvalue weighted by Crippen LogP contribution is 2.39. The molecule has 2 aromatic rings. The SMILES string of the molecule is COC(=O)CC1CN(C2=Nc3cc(Cl)ccc3Oc3ccccc32)CCN1. The molecule has 0 aliphatic carbocycles. The molecule has 140 valence electrons. The lowest BCUT2D eigenvalue weighted by Gasteiger charge is -2.35. The summed E-state index contributed by atoms with van der Waals surface area (Å²) in [6, 6.07) is 13.3. The van der Waals surface area contributed by atoms with Gasteiger partial charge >= 0.3 is 5.97 Å². The number of hydrogen-bond acceptors (Lipinski definition) is 6. The van der Waals surface area contributed by atoms with Crippen molar-refractivity contribution in [1.29, 1.82) is 0 Å². The maximum absolute atomic E-state index is 11.7. The number of aliphatic imine (C=N–C) groups is 1. The third-order valence-corrected chi connectivity index (χ3v) is 4.93. The number of carbonyl (C=O) groups excluding carboxylic acids is 1. The molecular formula is C20H20ClN3O3.